The van der Waals surface area contributed by atoms with Crippen molar-refractivity contribution < 1.29 is 10.0 Å². The van der Waals surface area contributed by atoms with Crippen molar-refractivity contribution >= 4 is 16.9 Å². The normalized spacial score (nSPS) is 10.7. The fourth-order valence-corrected chi connectivity index (χ4v) is 2.17. The molecule has 1 heterocycles. The zero-order chi connectivity index (χ0) is 16.4. The summed E-state index contributed by atoms with van der Waals surface area (Å²) in [6, 6.07) is 15.0. The zero-order valence-corrected chi connectivity index (χ0v) is 12.7. The van der Waals surface area contributed by atoms with Crippen molar-refractivity contribution in [2.75, 3.05) is 0 Å². The second-order valence-corrected chi connectivity index (χ2v) is 5.29. The summed E-state index contributed by atoms with van der Waals surface area (Å²) in [5.41, 5.74) is 3.54. The molecular formula is C17H16N4O2. The second-order valence-electron chi connectivity index (χ2n) is 5.29. The molecule has 3 rings (SSSR count). The first-order chi connectivity index (χ1) is 11.0. The summed E-state index contributed by atoms with van der Waals surface area (Å²) < 4.78 is 0. The molecule has 116 valence electrons. The van der Waals surface area contributed by atoms with Crippen molar-refractivity contribution in [3.8, 4) is 5.69 Å². The highest BCUT2D eigenvalue weighted by Gasteiger charge is 2.12. The van der Waals surface area contributed by atoms with E-state index in [0.29, 0.717) is 5.06 Å². The summed E-state index contributed by atoms with van der Waals surface area (Å²) in [5.74, 6) is -0.492. The van der Waals surface area contributed by atoms with E-state index in [9.17, 15) is 10.0 Å². The smallest absolute Gasteiger partial charge is 0.272 e. The molecule has 1 amide bonds. The fraction of sp³-hybridized carbons (Fsp3) is 0.118. The molecule has 1 N–H and O–H groups in total. The van der Waals surface area contributed by atoms with Crippen molar-refractivity contribution in [1.82, 2.24) is 20.1 Å². The number of carbonyl (C=O) groups is 1. The highest BCUT2D eigenvalue weighted by molar-refractivity contribution is 5.91. The standard InChI is InChI=1S/C17H16N4O2/c1-12(2)17(22)20(23)11-13-7-9-14(10-8-13)21-18-15-5-3-4-6-16(15)19-21/h3-10,23H,1,11H2,2H3. The lowest BCUT2D eigenvalue weighted by Gasteiger charge is -2.14. The van der Waals surface area contributed by atoms with Crippen LogP contribution in [-0.4, -0.2) is 31.2 Å². The van der Waals surface area contributed by atoms with Gasteiger partial charge in [0, 0.05) is 5.57 Å². The molecule has 6 nitrogen and oxygen atoms in total. The summed E-state index contributed by atoms with van der Waals surface area (Å²) in [5, 5.41) is 19.2. The molecule has 0 unspecified atom stereocenters. The molecule has 23 heavy (non-hydrogen) atoms. The number of nitrogens with zero attached hydrogens (tertiary/aromatic N) is 4. The van der Waals surface area contributed by atoms with Gasteiger partial charge in [-0.15, -0.1) is 10.2 Å². The van der Waals surface area contributed by atoms with Gasteiger partial charge >= 0.3 is 0 Å². The van der Waals surface area contributed by atoms with Crippen LogP contribution in [0.5, 0.6) is 0 Å². The van der Waals surface area contributed by atoms with E-state index in [1.165, 1.54) is 0 Å². The van der Waals surface area contributed by atoms with Crippen molar-refractivity contribution in [1.29, 1.82) is 0 Å². The molecular weight excluding hydrogens is 292 g/mol. The van der Waals surface area contributed by atoms with Gasteiger partial charge in [-0.3, -0.25) is 10.0 Å². The Morgan fingerprint density at radius 1 is 1.13 bits per heavy atom. The largest absolute Gasteiger partial charge is 0.285 e. The average molecular weight is 308 g/mol. The Bertz CT molecular complexity index is 835. The van der Waals surface area contributed by atoms with Crippen LogP contribution < -0.4 is 0 Å². The van der Waals surface area contributed by atoms with Gasteiger partial charge < -0.3 is 0 Å². The third-order valence-electron chi connectivity index (χ3n) is 3.39. The fourth-order valence-electron chi connectivity index (χ4n) is 2.17. The van der Waals surface area contributed by atoms with Gasteiger partial charge in [0.25, 0.3) is 5.91 Å². The monoisotopic (exact) mass is 308 g/mol. The third kappa shape index (κ3) is 3.12. The predicted octanol–water partition coefficient (Wildman–Crippen LogP) is 2.71. The number of hydrogen-bond donors (Lipinski definition) is 1. The summed E-state index contributed by atoms with van der Waals surface area (Å²) in [6.45, 7) is 5.18. The number of hydrogen-bond acceptors (Lipinski definition) is 4. The molecule has 1 aromatic heterocycles. The number of amides is 1. The Labute approximate surface area is 133 Å². The maximum Gasteiger partial charge on any atom is 0.272 e. The molecule has 0 aliphatic heterocycles. The lowest BCUT2D eigenvalue weighted by molar-refractivity contribution is -0.163. The Morgan fingerprint density at radius 2 is 1.70 bits per heavy atom. The van der Waals surface area contributed by atoms with Crippen molar-refractivity contribution in [2.24, 2.45) is 0 Å². The van der Waals surface area contributed by atoms with Gasteiger partial charge in [-0.2, -0.15) is 4.80 Å². The van der Waals surface area contributed by atoms with Crippen LogP contribution in [0.1, 0.15) is 12.5 Å². The van der Waals surface area contributed by atoms with Crippen LogP contribution in [0.3, 0.4) is 0 Å². The Hall–Kier alpha value is -2.99. The van der Waals surface area contributed by atoms with Crippen molar-refractivity contribution in [2.45, 2.75) is 13.5 Å². The van der Waals surface area contributed by atoms with E-state index < -0.39 is 5.91 Å². The minimum atomic E-state index is -0.492. The molecule has 0 aliphatic rings. The average Bonchev–Trinajstić information content (AvgIpc) is 2.98. The second kappa shape index (κ2) is 6.02. The molecule has 3 aromatic rings. The predicted molar refractivity (Wildman–Crippen MR) is 86.0 cm³/mol. The van der Waals surface area contributed by atoms with Gasteiger partial charge in [-0.05, 0) is 36.8 Å². The van der Waals surface area contributed by atoms with Gasteiger partial charge in [-0.1, -0.05) is 30.8 Å². The van der Waals surface area contributed by atoms with Crippen LogP contribution in [0.25, 0.3) is 16.7 Å². The van der Waals surface area contributed by atoms with Gasteiger partial charge in [0.15, 0.2) is 0 Å². The first-order valence-corrected chi connectivity index (χ1v) is 7.12. The van der Waals surface area contributed by atoms with Gasteiger partial charge in [0.05, 0.1) is 12.2 Å². The number of hydroxylamine groups is 2. The van der Waals surface area contributed by atoms with E-state index in [1.807, 2.05) is 48.5 Å². The lowest BCUT2D eigenvalue weighted by Crippen LogP contribution is -2.27. The van der Waals surface area contributed by atoms with E-state index >= 15 is 0 Å². The summed E-state index contributed by atoms with van der Waals surface area (Å²) in [6.07, 6.45) is 0. The Balaban J connectivity index is 1.79. The highest BCUT2D eigenvalue weighted by atomic mass is 16.5. The number of rotatable bonds is 4. The molecule has 0 bridgehead atoms. The summed E-state index contributed by atoms with van der Waals surface area (Å²) in [7, 11) is 0. The summed E-state index contributed by atoms with van der Waals surface area (Å²) >= 11 is 0. The van der Waals surface area contributed by atoms with E-state index in [-0.39, 0.29) is 12.1 Å². The van der Waals surface area contributed by atoms with Crippen LogP contribution >= 0.6 is 0 Å². The van der Waals surface area contributed by atoms with E-state index in [2.05, 4.69) is 16.8 Å². The molecule has 0 aliphatic carbocycles. The molecule has 0 spiro atoms. The number of benzene rings is 2. The Morgan fingerprint density at radius 3 is 2.22 bits per heavy atom. The van der Waals surface area contributed by atoms with Crippen LogP contribution in [0.2, 0.25) is 0 Å². The maximum absolute atomic E-state index is 11.6. The SMILES string of the molecule is C=C(C)C(=O)N(O)Cc1ccc(-n2nc3ccccc3n2)cc1. The van der Waals surface area contributed by atoms with E-state index in [4.69, 9.17) is 0 Å². The van der Waals surface area contributed by atoms with Crippen LogP contribution in [0.15, 0.2) is 60.7 Å². The first kappa shape index (κ1) is 14.9. The molecule has 6 heteroatoms. The minimum Gasteiger partial charge on any atom is -0.285 e. The molecule has 0 saturated carbocycles. The number of fused-ring (bicyclic) bond motifs is 1. The van der Waals surface area contributed by atoms with Crippen LogP contribution in [-0.2, 0) is 11.3 Å². The van der Waals surface area contributed by atoms with Gasteiger partial charge in [0.1, 0.15) is 11.0 Å². The maximum atomic E-state index is 11.6. The lowest BCUT2D eigenvalue weighted by atomic mass is 10.2. The minimum absolute atomic E-state index is 0.0977. The van der Waals surface area contributed by atoms with Crippen LogP contribution in [0, 0.1) is 0 Å². The zero-order valence-electron chi connectivity index (χ0n) is 12.7. The van der Waals surface area contributed by atoms with Crippen LogP contribution in [0.4, 0.5) is 0 Å². The summed E-state index contributed by atoms with van der Waals surface area (Å²) in [4.78, 5) is 13.1. The quantitative estimate of drug-likeness (QED) is 0.457. The topological polar surface area (TPSA) is 71.2 Å². The highest BCUT2D eigenvalue weighted by Crippen LogP contribution is 2.14. The molecule has 0 radical (unpaired) electrons. The van der Waals surface area contributed by atoms with E-state index in [0.717, 1.165) is 22.3 Å². The van der Waals surface area contributed by atoms with Gasteiger partial charge in [-0.25, -0.2) is 5.06 Å². The van der Waals surface area contributed by atoms with Gasteiger partial charge in [0.2, 0.25) is 0 Å². The first-order valence-electron chi connectivity index (χ1n) is 7.12. The molecule has 0 fully saturated rings. The molecule has 0 atom stereocenters. The Kier molecular flexibility index (Phi) is 3.91. The van der Waals surface area contributed by atoms with Crippen molar-refractivity contribution in [3.05, 3.63) is 66.2 Å². The number of aromatic nitrogens is 3. The number of carbonyl (C=O) groups excluding carboxylic acids is 1. The third-order valence-corrected chi connectivity index (χ3v) is 3.39. The molecule has 2 aromatic carbocycles. The van der Waals surface area contributed by atoms with Crippen molar-refractivity contribution in [3.63, 3.8) is 0 Å². The van der Waals surface area contributed by atoms with E-state index in [1.54, 1.807) is 11.7 Å². The molecule has 0 saturated heterocycles.